The summed E-state index contributed by atoms with van der Waals surface area (Å²) < 4.78 is 0. The molecule has 2 nitrogen and oxygen atoms in total. The lowest BCUT2D eigenvalue weighted by atomic mass is 10.0. The molecule has 0 aliphatic heterocycles. The van der Waals surface area contributed by atoms with Crippen LogP contribution in [-0.2, 0) is 4.79 Å². The molecule has 2 heteroatoms. The molecule has 0 bridgehead atoms. The maximum atomic E-state index is 10.7. The van der Waals surface area contributed by atoms with Gasteiger partial charge in [-0.3, -0.25) is 4.79 Å². The fourth-order valence-electron chi connectivity index (χ4n) is 1.11. The molecule has 0 saturated heterocycles. The third-order valence-electron chi connectivity index (χ3n) is 1.88. The van der Waals surface area contributed by atoms with Crippen LogP contribution >= 0.6 is 0 Å². The van der Waals surface area contributed by atoms with Gasteiger partial charge in [0.05, 0.1) is 0 Å². The minimum Gasteiger partial charge on any atom is -0.366 e. The molecule has 0 radical (unpaired) electrons. The van der Waals surface area contributed by atoms with Crippen molar-refractivity contribution in [3.8, 4) is 0 Å². The van der Waals surface area contributed by atoms with Crippen molar-refractivity contribution >= 4 is 5.91 Å². The van der Waals surface area contributed by atoms with E-state index < -0.39 is 0 Å². The highest BCUT2D eigenvalue weighted by molar-refractivity contribution is 5.92. The Balaban J connectivity index is 4.39. The Morgan fingerprint density at radius 3 is 2.18 bits per heavy atom. The molecule has 0 heterocycles. The number of carbonyl (C=O) groups excluding carboxylic acids is 1. The van der Waals surface area contributed by atoms with E-state index in [-0.39, 0.29) is 5.91 Å². The first kappa shape index (κ1) is 10.2. The molecule has 0 aromatic rings. The summed E-state index contributed by atoms with van der Waals surface area (Å²) in [6.45, 7) is 5.96. The van der Waals surface area contributed by atoms with Gasteiger partial charge >= 0.3 is 0 Å². The first-order valence-corrected chi connectivity index (χ1v) is 4.11. The van der Waals surface area contributed by atoms with Crippen molar-refractivity contribution in [2.75, 3.05) is 0 Å². The van der Waals surface area contributed by atoms with E-state index in [2.05, 4.69) is 13.8 Å². The zero-order valence-electron chi connectivity index (χ0n) is 7.61. The molecule has 0 spiro atoms. The quantitative estimate of drug-likeness (QED) is 0.620. The molecular weight excluding hydrogens is 138 g/mol. The molecule has 64 valence electrons. The maximum absolute atomic E-state index is 10.7. The number of rotatable bonds is 4. The SMILES string of the molecule is CCCC(CC)=C(C)C(N)=O. The van der Waals surface area contributed by atoms with Gasteiger partial charge in [0.2, 0.25) is 5.91 Å². The monoisotopic (exact) mass is 155 g/mol. The van der Waals surface area contributed by atoms with E-state index in [1.54, 1.807) is 6.92 Å². The molecule has 2 N–H and O–H groups in total. The summed E-state index contributed by atoms with van der Waals surface area (Å²) in [5.41, 5.74) is 7.09. The van der Waals surface area contributed by atoms with Crippen LogP contribution in [-0.4, -0.2) is 5.91 Å². The Kier molecular flexibility index (Phi) is 4.59. The van der Waals surface area contributed by atoms with Crippen LogP contribution in [0.1, 0.15) is 40.0 Å². The lowest BCUT2D eigenvalue weighted by Crippen LogP contribution is -2.13. The van der Waals surface area contributed by atoms with Crippen LogP contribution in [0.4, 0.5) is 0 Å². The minimum atomic E-state index is -0.282. The lowest BCUT2D eigenvalue weighted by Gasteiger charge is -2.05. The summed E-state index contributed by atoms with van der Waals surface area (Å²) >= 11 is 0. The van der Waals surface area contributed by atoms with Gasteiger partial charge in [0.25, 0.3) is 0 Å². The molecule has 0 atom stereocenters. The van der Waals surface area contributed by atoms with Crippen molar-refractivity contribution in [3.05, 3.63) is 11.1 Å². The van der Waals surface area contributed by atoms with Gasteiger partial charge in [-0.25, -0.2) is 0 Å². The van der Waals surface area contributed by atoms with E-state index in [0.717, 1.165) is 24.8 Å². The first-order valence-electron chi connectivity index (χ1n) is 4.11. The van der Waals surface area contributed by atoms with E-state index in [1.807, 2.05) is 0 Å². The zero-order valence-corrected chi connectivity index (χ0v) is 7.61. The van der Waals surface area contributed by atoms with Gasteiger partial charge in [-0.2, -0.15) is 0 Å². The van der Waals surface area contributed by atoms with Gasteiger partial charge in [0.15, 0.2) is 0 Å². The van der Waals surface area contributed by atoms with Crippen LogP contribution in [0.2, 0.25) is 0 Å². The number of hydrogen-bond acceptors (Lipinski definition) is 1. The standard InChI is InChI=1S/C9H17NO/c1-4-6-8(5-2)7(3)9(10)11/h4-6H2,1-3H3,(H2,10,11). The fourth-order valence-corrected chi connectivity index (χ4v) is 1.11. The highest BCUT2D eigenvalue weighted by Gasteiger charge is 2.03. The summed E-state index contributed by atoms with van der Waals surface area (Å²) in [6.07, 6.45) is 3.00. The second-order valence-corrected chi connectivity index (χ2v) is 2.70. The average Bonchev–Trinajstić information content (AvgIpc) is 1.98. The normalized spacial score (nSPS) is 12.6. The maximum Gasteiger partial charge on any atom is 0.244 e. The van der Waals surface area contributed by atoms with Crippen molar-refractivity contribution in [2.45, 2.75) is 40.0 Å². The number of hydrogen-bond donors (Lipinski definition) is 1. The molecule has 0 aliphatic carbocycles. The third-order valence-corrected chi connectivity index (χ3v) is 1.88. The molecular formula is C9H17NO. The molecule has 11 heavy (non-hydrogen) atoms. The van der Waals surface area contributed by atoms with Crippen LogP contribution in [0.5, 0.6) is 0 Å². The van der Waals surface area contributed by atoms with Gasteiger partial charge < -0.3 is 5.73 Å². The lowest BCUT2D eigenvalue weighted by molar-refractivity contribution is -0.114. The van der Waals surface area contributed by atoms with E-state index in [0.29, 0.717) is 0 Å². The zero-order chi connectivity index (χ0) is 8.85. The first-order chi connectivity index (χ1) is 5.13. The molecule has 0 rings (SSSR count). The van der Waals surface area contributed by atoms with Crippen LogP contribution < -0.4 is 5.73 Å². The van der Waals surface area contributed by atoms with Crippen molar-refractivity contribution < 1.29 is 4.79 Å². The summed E-state index contributed by atoms with van der Waals surface area (Å²) in [6, 6.07) is 0. The van der Waals surface area contributed by atoms with Gasteiger partial charge in [-0.05, 0) is 19.8 Å². The van der Waals surface area contributed by atoms with Crippen molar-refractivity contribution in [1.29, 1.82) is 0 Å². The van der Waals surface area contributed by atoms with Gasteiger partial charge in [-0.1, -0.05) is 25.8 Å². The predicted octanol–water partition coefficient (Wildman–Crippen LogP) is 2.00. The Morgan fingerprint density at radius 1 is 1.36 bits per heavy atom. The van der Waals surface area contributed by atoms with Crippen molar-refractivity contribution in [1.82, 2.24) is 0 Å². The number of carbonyl (C=O) groups is 1. The predicted molar refractivity (Wildman–Crippen MR) is 47.1 cm³/mol. The number of amides is 1. The smallest absolute Gasteiger partial charge is 0.244 e. The average molecular weight is 155 g/mol. The summed E-state index contributed by atoms with van der Waals surface area (Å²) in [4.78, 5) is 10.7. The Bertz CT molecular complexity index is 170. The number of primary amides is 1. The summed E-state index contributed by atoms with van der Waals surface area (Å²) in [5, 5.41) is 0. The van der Waals surface area contributed by atoms with Crippen LogP contribution in [0.25, 0.3) is 0 Å². The second kappa shape index (κ2) is 4.94. The molecule has 0 fully saturated rings. The summed E-state index contributed by atoms with van der Waals surface area (Å²) in [5.74, 6) is -0.282. The highest BCUT2D eigenvalue weighted by atomic mass is 16.1. The Hall–Kier alpha value is -0.790. The molecule has 0 aliphatic rings. The van der Waals surface area contributed by atoms with E-state index in [1.165, 1.54) is 5.57 Å². The molecule has 0 aromatic carbocycles. The van der Waals surface area contributed by atoms with Gasteiger partial charge in [-0.15, -0.1) is 0 Å². The topological polar surface area (TPSA) is 43.1 Å². The summed E-state index contributed by atoms with van der Waals surface area (Å²) in [7, 11) is 0. The van der Waals surface area contributed by atoms with E-state index in [4.69, 9.17) is 5.73 Å². The van der Waals surface area contributed by atoms with E-state index >= 15 is 0 Å². The third kappa shape index (κ3) is 3.21. The Labute approximate surface area is 68.5 Å². The van der Waals surface area contributed by atoms with Crippen molar-refractivity contribution in [2.24, 2.45) is 5.73 Å². The van der Waals surface area contributed by atoms with Crippen LogP contribution in [0.3, 0.4) is 0 Å². The molecule has 0 saturated carbocycles. The minimum absolute atomic E-state index is 0.282. The van der Waals surface area contributed by atoms with Gasteiger partial charge in [0.1, 0.15) is 0 Å². The van der Waals surface area contributed by atoms with E-state index in [9.17, 15) is 4.79 Å². The van der Waals surface area contributed by atoms with Gasteiger partial charge in [0, 0.05) is 5.57 Å². The molecule has 1 amide bonds. The number of allylic oxidation sites excluding steroid dienone is 1. The number of nitrogens with two attached hydrogens (primary N) is 1. The fraction of sp³-hybridized carbons (Fsp3) is 0.667. The Morgan fingerprint density at radius 2 is 1.91 bits per heavy atom. The van der Waals surface area contributed by atoms with Crippen LogP contribution in [0, 0.1) is 0 Å². The second-order valence-electron chi connectivity index (χ2n) is 2.70. The van der Waals surface area contributed by atoms with Crippen molar-refractivity contribution in [3.63, 3.8) is 0 Å². The molecule has 0 unspecified atom stereocenters. The van der Waals surface area contributed by atoms with Crippen LogP contribution in [0.15, 0.2) is 11.1 Å². The molecule has 0 aromatic heterocycles. The highest BCUT2D eigenvalue weighted by Crippen LogP contribution is 2.13. The largest absolute Gasteiger partial charge is 0.366 e.